The summed E-state index contributed by atoms with van der Waals surface area (Å²) >= 11 is 8.60. The Balaban J connectivity index is 2.68. The molecule has 0 aromatic heterocycles. The minimum atomic E-state index is -0.301. The molecule has 0 atom stereocenters. The molecule has 0 unspecified atom stereocenters. The molecule has 0 radical (unpaired) electrons. The lowest BCUT2D eigenvalue weighted by Gasteiger charge is -2.05. The fraction of sp³-hybridized carbons (Fsp3) is 0.111. The monoisotopic (exact) mass is 263 g/mol. The molecule has 0 aliphatic heterocycles. The molecule has 0 heterocycles. The average molecular weight is 265 g/mol. The Bertz CT molecular complexity index is 327. The Morgan fingerprint density at radius 3 is 2.85 bits per heavy atom. The van der Waals surface area contributed by atoms with Gasteiger partial charge in [-0.1, -0.05) is 18.2 Å². The third-order valence-electron chi connectivity index (χ3n) is 1.40. The lowest BCUT2D eigenvalue weighted by Crippen LogP contribution is -2.00. The van der Waals surface area contributed by atoms with Gasteiger partial charge in [-0.05, 0) is 34.1 Å². The minimum absolute atomic E-state index is 0.301. The van der Waals surface area contributed by atoms with Crippen molar-refractivity contribution in [1.29, 1.82) is 0 Å². The van der Waals surface area contributed by atoms with Gasteiger partial charge in [0.25, 0.3) is 0 Å². The van der Waals surface area contributed by atoms with E-state index in [-0.39, 0.29) is 5.82 Å². The molecule has 0 bridgehead atoms. The summed E-state index contributed by atoms with van der Waals surface area (Å²) in [5.41, 5.74) is 0.683. The first-order valence-corrected chi connectivity index (χ1v) is 4.79. The van der Waals surface area contributed by atoms with Crippen LogP contribution in [0.25, 0.3) is 0 Å². The minimum Gasteiger partial charge on any atom is -0.380 e. The van der Waals surface area contributed by atoms with E-state index in [0.29, 0.717) is 21.7 Å². The van der Waals surface area contributed by atoms with Gasteiger partial charge < -0.3 is 5.32 Å². The summed E-state index contributed by atoms with van der Waals surface area (Å²) in [7, 11) is 0. The summed E-state index contributed by atoms with van der Waals surface area (Å²) in [5.74, 6) is -0.301. The van der Waals surface area contributed by atoms with E-state index in [2.05, 4.69) is 27.8 Å². The molecule has 13 heavy (non-hydrogen) atoms. The number of anilines is 1. The van der Waals surface area contributed by atoms with Crippen molar-refractivity contribution in [3.63, 3.8) is 0 Å². The molecule has 1 aromatic rings. The van der Waals surface area contributed by atoms with Crippen molar-refractivity contribution in [2.75, 3.05) is 11.9 Å². The summed E-state index contributed by atoms with van der Waals surface area (Å²) in [6.07, 6.45) is 0. The second-order valence-corrected chi connectivity index (χ2v) is 3.89. The molecule has 70 valence electrons. The fourth-order valence-electron chi connectivity index (χ4n) is 0.804. The van der Waals surface area contributed by atoms with Crippen LogP contribution in [0.15, 0.2) is 34.3 Å². The zero-order valence-corrected chi connectivity index (χ0v) is 9.12. The first kappa shape index (κ1) is 10.5. The average Bonchev–Trinajstić information content (AvgIpc) is 2.07. The molecular formula is C9H8BrClFN. The van der Waals surface area contributed by atoms with Crippen LogP contribution >= 0.6 is 27.5 Å². The van der Waals surface area contributed by atoms with Crippen LogP contribution in [0, 0.1) is 5.82 Å². The molecule has 0 saturated carbocycles. The van der Waals surface area contributed by atoms with Gasteiger partial charge in [-0.15, -0.1) is 0 Å². The van der Waals surface area contributed by atoms with E-state index >= 15 is 0 Å². The molecule has 1 nitrogen and oxygen atoms in total. The Morgan fingerprint density at radius 1 is 1.62 bits per heavy atom. The van der Waals surface area contributed by atoms with Crippen molar-refractivity contribution in [1.82, 2.24) is 0 Å². The van der Waals surface area contributed by atoms with Gasteiger partial charge in [-0.2, -0.15) is 0 Å². The van der Waals surface area contributed by atoms with Crippen LogP contribution in [0.2, 0.25) is 0 Å². The molecule has 1 rings (SSSR count). The van der Waals surface area contributed by atoms with Gasteiger partial charge in [-0.3, -0.25) is 0 Å². The predicted octanol–water partition coefficient (Wildman–Crippen LogP) is 3.75. The Morgan fingerprint density at radius 2 is 2.31 bits per heavy atom. The van der Waals surface area contributed by atoms with Crippen LogP contribution in [0.4, 0.5) is 10.1 Å². The third-order valence-corrected chi connectivity index (χ3v) is 2.18. The second kappa shape index (κ2) is 4.63. The summed E-state index contributed by atoms with van der Waals surface area (Å²) < 4.78 is 13.4. The SMILES string of the molecule is C=C(Cl)CNc1ccc(Br)c(F)c1. The molecular weight excluding hydrogens is 256 g/mol. The quantitative estimate of drug-likeness (QED) is 0.877. The van der Waals surface area contributed by atoms with E-state index in [9.17, 15) is 4.39 Å². The van der Waals surface area contributed by atoms with E-state index in [4.69, 9.17) is 11.6 Å². The van der Waals surface area contributed by atoms with Crippen LogP contribution in [0.1, 0.15) is 0 Å². The van der Waals surface area contributed by atoms with Gasteiger partial charge in [-0.25, -0.2) is 4.39 Å². The van der Waals surface area contributed by atoms with Gasteiger partial charge in [0.1, 0.15) is 5.82 Å². The first-order chi connectivity index (χ1) is 6.09. The van der Waals surface area contributed by atoms with Crippen LogP contribution in [-0.4, -0.2) is 6.54 Å². The molecule has 0 spiro atoms. The van der Waals surface area contributed by atoms with Gasteiger partial charge in [0.2, 0.25) is 0 Å². The normalized spacial score (nSPS) is 9.77. The van der Waals surface area contributed by atoms with Crippen LogP contribution in [0.5, 0.6) is 0 Å². The van der Waals surface area contributed by atoms with E-state index in [1.807, 2.05) is 0 Å². The van der Waals surface area contributed by atoms with E-state index in [1.165, 1.54) is 6.07 Å². The highest BCUT2D eigenvalue weighted by Crippen LogP contribution is 2.19. The highest BCUT2D eigenvalue weighted by molar-refractivity contribution is 9.10. The summed E-state index contributed by atoms with van der Waals surface area (Å²) in [4.78, 5) is 0. The molecule has 4 heteroatoms. The highest BCUT2D eigenvalue weighted by Gasteiger charge is 1.99. The largest absolute Gasteiger partial charge is 0.380 e. The number of benzene rings is 1. The van der Waals surface area contributed by atoms with Crippen molar-refractivity contribution in [2.24, 2.45) is 0 Å². The zero-order chi connectivity index (χ0) is 9.84. The number of nitrogens with one attached hydrogen (secondary N) is 1. The molecule has 0 aliphatic rings. The fourth-order valence-corrected chi connectivity index (χ4v) is 1.12. The zero-order valence-electron chi connectivity index (χ0n) is 6.78. The van der Waals surface area contributed by atoms with Gasteiger partial charge in [0.15, 0.2) is 0 Å². The molecule has 0 saturated heterocycles. The maximum absolute atomic E-state index is 13.0. The van der Waals surface area contributed by atoms with Crippen LogP contribution < -0.4 is 5.32 Å². The number of hydrogen-bond donors (Lipinski definition) is 1. The van der Waals surface area contributed by atoms with Crippen molar-refractivity contribution in [3.8, 4) is 0 Å². The van der Waals surface area contributed by atoms with Crippen molar-refractivity contribution >= 4 is 33.2 Å². The number of rotatable bonds is 3. The Labute approximate surface area is 89.7 Å². The predicted molar refractivity (Wildman–Crippen MR) is 57.6 cm³/mol. The van der Waals surface area contributed by atoms with Crippen LogP contribution in [-0.2, 0) is 0 Å². The summed E-state index contributed by atoms with van der Waals surface area (Å²) in [6.45, 7) is 3.94. The molecule has 0 amide bonds. The first-order valence-electron chi connectivity index (χ1n) is 3.62. The third kappa shape index (κ3) is 3.36. The molecule has 0 fully saturated rings. The topological polar surface area (TPSA) is 12.0 Å². The number of hydrogen-bond acceptors (Lipinski definition) is 1. The lowest BCUT2D eigenvalue weighted by atomic mass is 10.3. The van der Waals surface area contributed by atoms with Crippen molar-refractivity contribution in [3.05, 3.63) is 40.1 Å². The van der Waals surface area contributed by atoms with Crippen LogP contribution in [0.3, 0.4) is 0 Å². The Kier molecular flexibility index (Phi) is 3.75. The maximum atomic E-state index is 13.0. The molecule has 1 aromatic carbocycles. The molecule has 0 aliphatic carbocycles. The highest BCUT2D eigenvalue weighted by atomic mass is 79.9. The van der Waals surface area contributed by atoms with E-state index in [1.54, 1.807) is 12.1 Å². The second-order valence-electron chi connectivity index (χ2n) is 2.50. The standard InChI is InChI=1S/C9H8BrClFN/c1-6(11)5-13-7-2-3-8(10)9(12)4-7/h2-4,13H,1,5H2. The lowest BCUT2D eigenvalue weighted by molar-refractivity contribution is 0.621. The van der Waals surface area contributed by atoms with E-state index < -0.39 is 0 Å². The smallest absolute Gasteiger partial charge is 0.139 e. The maximum Gasteiger partial charge on any atom is 0.139 e. The van der Waals surface area contributed by atoms with Gasteiger partial charge in [0.05, 0.1) is 11.0 Å². The summed E-state index contributed by atoms with van der Waals surface area (Å²) in [6, 6.07) is 4.78. The summed E-state index contributed by atoms with van der Waals surface area (Å²) in [5, 5.41) is 3.41. The van der Waals surface area contributed by atoms with Crippen molar-refractivity contribution in [2.45, 2.75) is 0 Å². The van der Waals surface area contributed by atoms with E-state index in [0.717, 1.165) is 0 Å². The Hall–Kier alpha value is -0.540. The molecule has 1 N–H and O–H groups in total. The van der Waals surface area contributed by atoms with Crippen molar-refractivity contribution < 1.29 is 4.39 Å². The number of halogens is 3. The van der Waals surface area contributed by atoms with Gasteiger partial charge in [0, 0.05) is 10.7 Å². The van der Waals surface area contributed by atoms with Gasteiger partial charge >= 0.3 is 0 Å².